The molecule has 19 heavy (non-hydrogen) atoms. The van der Waals surface area contributed by atoms with Gasteiger partial charge in [0.05, 0.1) is 15.2 Å². The molecule has 0 aliphatic carbocycles. The summed E-state index contributed by atoms with van der Waals surface area (Å²) in [5, 5.41) is 0. The van der Waals surface area contributed by atoms with E-state index in [2.05, 4.69) is 47.1 Å². The van der Waals surface area contributed by atoms with E-state index in [0.717, 1.165) is 20.8 Å². The molecule has 2 nitrogen and oxygen atoms in total. The van der Waals surface area contributed by atoms with E-state index >= 15 is 0 Å². The lowest BCUT2D eigenvalue weighted by atomic mass is 10.1. The smallest absolute Gasteiger partial charge is 0.192 e. The molecule has 0 radical (unpaired) electrons. The standard InChI is InChI=1S/C15H16BrNOS/c1-3-11-4-6-12(7-5-11)17(2)10-13(18)14-8-9-15(16)19-14/h4-9H,3,10H2,1-2H3. The number of Topliss-reactive ketones (excluding diaryl/α,β-unsaturated/α-hetero) is 1. The molecule has 2 rings (SSSR count). The summed E-state index contributed by atoms with van der Waals surface area (Å²) in [4.78, 5) is 14.9. The second kappa shape index (κ2) is 6.35. The normalized spacial score (nSPS) is 10.5. The molecule has 0 saturated heterocycles. The molecule has 0 N–H and O–H groups in total. The summed E-state index contributed by atoms with van der Waals surface area (Å²) < 4.78 is 0.991. The zero-order valence-electron chi connectivity index (χ0n) is 11.0. The fourth-order valence-corrected chi connectivity index (χ4v) is 3.15. The van der Waals surface area contributed by atoms with Gasteiger partial charge in [0.15, 0.2) is 5.78 Å². The number of ketones is 1. The Bertz CT molecular complexity index is 562. The lowest BCUT2D eigenvalue weighted by Crippen LogP contribution is -2.25. The van der Waals surface area contributed by atoms with Gasteiger partial charge in [-0.25, -0.2) is 0 Å². The summed E-state index contributed by atoms with van der Waals surface area (Å²) in [6, 6.07) is 12.1. The van der Waals surface area contributed by atoms with Crippen molar-refractivity contribution in [3.63, 3.8) is 0 Å². The number of anilines is 1. The molecular weight excluding hydrogens is 322 g/mol. The maximum absolute atomic E-state index is 12.1. The number of thiophene rings is 1. The average molecular weight is 338 g/mol. The van der Waals surface area contributed by atoms with Crippen molar-refractivity contribution < 1.29 is 4.79 Å². The molecule has 1 aromatic heterocycles. The zero-order valence-corrected chi connectivity index (χ0v) is 13.4. The first kappa shape index (κ1) is 14.3. The Hall–Kier alpha value is -1.13. The summed E-state index contributed by atoms with van der Waals surface area (Å²) >= 11 is 4.86. The molecule has 0 fully saturated rings. The minimum atomic E-state index is 0.151. The quantitative estimate of drug-likeness (QED) is 0.754. The average Bonchev–Trinajstić information content (AvgIpc) is 2.85. The Morgan fingerprint density at radius 1 is 1.21 bits per heavy atom. The van der Waals surface area contributed by atoms with Crippen LogP contribution in [0, 0.1) is 0 Å². The van der Waals surface area contributed by atoms with Crippen molar-refractivity contribution in [1.82, 2.24) is 0 Å². The molecule has 0 aliphatic heterocycles. The largest absolute Gasteiger partial charge is 0.367 e. The van der Waals surface area contributed by atoms with Gasteiger partial charge in [-0.05, 0) is 52.2 Å². The van der Waals surface area contributed by atoms with E-state index < -0.39 is 0 Å². The SMILES string of the molecule is CCc1ccc(N(C)CC(=O)c2ccc(Br)s2)cc1. The molecule has 1 aromatic carbocycles. The summed E-state index contributed by atoms with van der Waals surface area (Å²) in [7, 11) is 1.95. The highest BCUT2D eigenvalue weighted by atomic mass is 79.9. The number of carbonyl (C=O) groups excluding carboxylic acids is 1. The van der Waals surface area contributed by atoms with Crippen LogP contribution in [0.4, 0.5) is 5.69 Å². The van der Waals surface area contributed by atoms with Crippen LogP contribution in [0.5, 0.6) is 0 Å². The summed E-state index contributed by atoms with van der Waals surface area (Å²) in [6.07, 6.45) is 1.03. The summed E-state index contributed by atoms with van der Waals surface area (Å²) in [5.41, 5.74) is 2.38. The molecule has 0 aliphatic rings. The Morgan fingerprint density at radius 3 is 2.42 bits per heavy atom. The number of hydrogen-bond donors (Lipinski definition) is 0. The van der Waals surface area contributed by atoms with Crippen molar-refractivity contribution in [3.8, 4) is 0 Å². The first-order valence-corrected chi connectivity index (χ1v) is 7.79. The molecule has 0 bridgehead atoms. The number of likely N-dealkylation sites (N-methyl/N-ethyl adjacent to an activating group) is 1. The van der Waals surface area contributed by atoms with Crippen molar-refractivity contribution in [3.05, 3.63) is 50.6 Å². The highest BCUT2D eigenvalue weighted by Crippen LogP contribution is 2.23. The first-order valence-electron chi connectivity index (χ1n) is 6.18. The van der Waals surface area contributed by atoms with E-state index in [0.29, 0.717) is 6.54 Å². The van der Waals surface area contributed by atoms with Crippen LogP contribution in [0.2, 0.25) is 0 Å². The lowest BCUT2D eigenvalue weighted by Gasteiger charge is -2.18. The van der Waals surface area contributed by atoms with Gasteiger partial charge in [-0.1, -0.05) is 19.1 Å². The first-order chi connectivity index (χ1) is 9.10. The third kappa shape index (κ3) is 3.67. The third-order valence-electron chi connectivity index (χ3n) is 3.01. The highest BCUT2D eigenvalue weighted by molar-refractivity contribution is 9.11. The Labute approximate surface area is 126 Å². The van der Waals surface area contributed by atoms with E-state index in [9.17, 15) is 4.79 Å². The second-order valence-corrected chi connectivity index (χ2v) is 6.87. The van der Waals surface area contributed by atoms with Crippen molar-refractivity contribution in [2.45, 2.75) is 13.3 Å². The van der Waals surface area contributed by atoms with Crippen LogP contribution in [-0.4, -0.2) is 19.4 Å². The van der Waals surface area contributed by atoms with Crippen LogP contribution in [-0.2, 0) is 6.42 Å². The minimum Gasteiger partial charge on any atom is -0.367 e. The van der Waals surface area contributed by atoms with Crippen molar-refractivity contribution in [2.75, 3.05) is 18.5 Å². The van der Waals surface area contributed by atoms with Gasteiger partial charge in [-0.15, -0.1) is 11.3 Å². The predicted octanol–water partition coefficient (Wildman–Crippen LogP) is 4.39. The topological polar surface area (TPSA) is 20.3 Å². The fourth-order valence-electron chi connectivity index (χ4n) is 1.83. The van der Waals surface area contributed by atoms with E-state index in [-0.39, 0.29) is 5.78 Å². The fraction of sp³-hybridized carbons (Fsp3) is 0.267. The van der Waals surface area contributed by atoms with Gasteiger partial charge in [0.25, 0.3) is 0 Å². The Morgan fingerprint density at radius 2 is 1.89 bits per heavy atom. The lowest BCUT2D eigenvalue weighted by molar-refractivity contribution is 0.100. The molecule has 0 unspecified atom stereocenters. The van der Waals surface area contributed by atoms with Gasteiger partial charge < -0.3 is 4.90 Å². The number of halogens is 1. The molecular formula is C15H16BrNOS. The maximum Gasteiger partial charge on any atom is 0.192 e. The summed E-state index contributed by atoms with van der Waals surface area (Å²) in [5.74, 6) is 0.151. The molecule has 0 atom stereocenters. The van der Waals surface area contributed by atoms with Gasteiger partial charge in [-0.3, -0.25) is 4.79 Å². The monoisotopic (exact) mass is 337 g/mol. The molecule has 0 spiro atoms. The van der Waals surface area contributed by atoms with Gasteiger partial charge in [0, 0.05) is 12.7 Å². The number of hydrogen-bond acceptors (Lipinski definition) is 3. The van der Waals surface area contributed by atoms with Gasteiger partial charge >= 0.3 is 0 Å². The van der Waals surface area contributed by atoms with E-state index in [4.69, 9.17) is 0 Å². The van der Waals surface area contributed by atoms with Gasteiger partial charge in [-0.2, -0.15) is 0 Å². The highest BCUT2D eigenvalue weighted by Gasteiger charge is 2.12. The van der Waals surface area contributed by atoms with E-state index in [1.807, 2.05) is 24.1 Å². The van der Waals surface area contributed by atoms with Crippen LogP contribution < -0.4 is 4.90 Å². The van der Waals surface area contributed by atoms with Crippen LogP contribution in [0.15, 0.2) is 40.2 Å². The summed E-state index contributed by atoms with van der Waals surface area (Å²) in [6.45, 7) is 2.54. The zero-order chi connectivity index (χ0) is 13.8. The Kier molecular flexibility index (Phi) is 4.77. The number of carbonyl (C=O) groups is 1. The minimum absolute atomic E-state index is 0.151. The van der Waals surface area contributed by atoms with Gasteiger partial charge in [0.1, 0.15) is 0 Å². The van der Waals surface area contributed by atoms with Crippen LogP contribution in [0.25, 0.3) is 0 Å². The van der Waals surface area contributed by atoms with Crippen LogP contribution in [0.1, 0.15) is 22.2 Å². The van der Waals surface area contributed by atoms with Crippen molar-refractivity contribution >= 4 is 38.7 Å². The molecule has 2 aromatic rings. The third-order valence-corrected chi connectivity index (χ3v) is 4.68. The second-order valence-electron chi connectivity index (χ2n) is 4.40. The predicted molar refractivity (Wildman–Crippen MR) is 85.4 cm³/mol. The molecule has 4 heteroatoms. The van der Waals surface area contributed by atoms with E-state index in [1.54, 1.807) is 0 Å². The number of benzene rings is 1. The number of rotatable bonds is 5. The molecule has 0 amide bonds. The van der Waals surface area contributed by atoms with Crippen LogP contribution in [0.3, 0.4) is 0 Å². The molecule has 1 heterocycles. The molecule has 0 saturated carbocycles. The molecule has 100 valence electrons. The Balaban J connectivity index is 2.03. The number of aryl methyl sites for hydroxylation is 1. The van der Waals surface area contributed by atoms with Crippen molar-refractivity contribution in [1.29, 1.82) is 0 Å². The van der Waals surface area contributed by atoms with Crippen molar-refractivity contribution in [2.24, 2.45) is 0 Å². The maximum atomic E-state index is 12.1. The van der Waals surface area contributed by atoms with Crippen LogP contribution >= 0.6 is 27.3 Å². The van der Waals surface area contributed by atoms with Gasteiger partial charge in [0.2, 0.25) is 0 Å². The van der Waals surface area contributed by atoms with E-state index in [1.165, 1.54) is 16.9 Å². The number of nitrogens with zero attached hydrogens (tertiary/aromatic N) is 1.